The molecule has 0 fully saturated rings. The van der Waals surface area contributed by atoms with Gasteiger partial charge in [-0.3, -0.25) is 14.4 Å². The number of unbranched alkanes of at least 4 members (excludes halogenated alkanes) is 3. The van der Waals surface area contributed by atoms with E-state index in [1.807, 2.05) is 0 Å². The number of hydrogen-bond donors (Lipinski definition) is 5. The lowest BCUT2D eigenvalue weighted by Gasteiger charge is -2.19. The molecule has 8 nitrogen and oxygen atoms in total. The maximum atomic E-state index is 12.0. The molecule has 0 aliphatic carbocycles. The number of nitrogens with one attached hydrogen (secondary N) is 2. The summed E-state index contributed by atoms with van der Waals surface area (Å²) in [4.78, 5) is 34.5. The molecule has 0 radical (unpaired) electrons. The van der Waals surface area contributed by atoms with E-state index < -0.39 is 23.9 Å². The molecule has 3 amide bonds. The second-order valence-corrected chi connectivity index (χ2v) is 5.28. The van der Waals surface area contributed by atoms with Crippen molar-refractivity contribution in [3.8, 4) is 0 Å². The predicted octanol–water partition coefficient (Wildman–Crippen LogP) is -1.25. The molecule has 7 N–H and O–H groups in total. The number of nitrogens with two attached hydrogens (primary N) is 2. The quantitative estimate of drug-likeness (QED) is 0.285. The van der Waals surface area contributed by atoms with E-state index in [0.29, 0.717) is 6.54 Å². The minimum atomic E-state index is -0.816. The van der Waals surface area contributed by atoms with Crippen molar-refractivity contribution in [3.05, 3.63) is 0 Å². The molecule has 0 aromatic rings. The summed E-state index contributed by atoms with van der Waals surface area (Å²) < 4.78 is 0. The highest BCUT2D eigenvalue weighted by Crippen LogP contribution is 2.00. The Balaban J connectivity index is 4.24. The number of carbonyl (C=O) groups excluding carboxylic acids is 3. The van der Waals surface area contributed by atoms with Crippen LogP contribution in [0.25, 0.3) is 0 Å². The zero-order valence-electron chi connectivity index (χ0n) is 13.1. The first kappa shape index (κ1) is 20.3. The van der Waals surface area contributed by atoms with Crippen LogP contribution < -0.4 is 22.1 Å². The van der Waals surface area contributed by atoms with Crippen molar-refractivity contribution in [2.45, 2.75) is 57.5 Å². The molecule has 8 heteroatoms. The van der Waals surface area contributed by atoms with Gasteiger partial charge in [-0.15, -0.1) is 0 Å². The molecule has 0 saturated carbocycles. The molecule has 0 bridgehead atoms. The Morgan fingerprint density at radius 2 is 1.73 bits per heavy atom. The lowest BCUT2D eigenvalue weighted by atomic mass is 10.1. The number of aliphatic hydroxyl groups excluding tert-OH is 1. The average molecular weight is 316 g/mol. The Hall–Kier alpha value is -1.67. The van der Waals surface area contributed by atoms with Crippen LogP contribution in [0, 0.1) is 0 Å². The Morgan fingerprint density at radius 3 is 2.27 bits per heavy atom. The van der Waals surface area contributed by atoms with E-state index in [0.717, 1.165) is 25.7 Å². The van der Waals surface area contributed by atoms with Gasteiger partial charge in [0.1, 0.15) is 6.04 Å². The molecule has 0 unspecified atom stereocenters. The van der Waals surface area contributed by atoms with Crippen molar-refractivity contribution in [2.75, 3.05) is 13.2 Å². The van der Waals surface area contributed by atoms with Crippen molar-refractivity contribution in [1.29, 1.82) is 0 Å². The van der Waals surface area contributed by atoms with E-state index in [1.165, 1.54) is 6.92 Å². The fourth-order valence-corrected chi connectivity index (χ4v) is 1.78. The Morgan fingerprint density at radius 1 is 1.09 bits per heavy atom. The summed E-state index contributed by atoms with van der Waals surface area (Å²) in [7, 11) is 0. The molecule has 0 aromatic carbocycles. The second-order valence-electron chi connectivity index (χ2n) is 5.28. The van der Waals surface area contributed by atoms with Crippen LogP contribution in [0.5, 0.6) is 0 Å². The van der Waals surface area contributed by atoms with Crippen molar-refractivity contribution >= 4 is 17.7 Å². The lowest BCUT2D eigenvalue weighted by Crippen LogP contribution is -2.51. The van der Waals surface area contributed by atoms with Gasteiger partial charge >= 0.3 is 0 Å². The molecular weight excluding hydrogens is 288 g/mol. The van der Waals surface area contributed by atoms with E-state index in [1.54, 1.807) is 0 Å². The van der Waals surface area contributed by atoms with Gasteiger partial charge in [-0.05, 0) is 26.2 Å². The zero-order chi connectivity index (χ0) is 17.0. The second kappa shape index (κ2) is 11.9. The molecule has 22 heavy (non-hydrogen) atoms. The monoisotopic (exact) mass is 316 g/mol. The van der Waals surface area contributed by atoms with Crippen LogP contribution in [-0.2, 0) is 14.4 Å². The minimum Gasteiger partial charge on any atom is -0.396 e. The minimum absolute atomic E-state index is 0.00776. The highest BCUT2D eigenvalue weighted by molar-refractivity contribution is 5.89. The maximum Gasteiger partial charge on any atom is 0.242 e. The first-order valence-corrected chi connectivity index (χ1v) is 7.61. The van der Waals surface area contributed by atoms with Crippen molar-refractivity contribution < 1.29 is 19.5 Å². The SMILES string of the molecule is C[C@@H](N)C(=O)N[C@@H](CCC(N)=O)C(=O)NCCCCCCO. The average Bonchev–Trinajstić information content (AvgIpc) is 2.46. The molecule has 0 spiro atoms. The number of rotatable bonds is 12. The summed E-state index contributed by atoms with van der Waals surface area (Å²) in [6.07, 6.45) is 3.49. The van der Waals surface area contributed by atoms with E-state index in [2.05, 4.69) is 10.6 Å². The van der Waals surface area contributed by atoms with E-state index in [9.17, 15) is 14.4 Å². The van der Waals surface area contributed by atoms with Gasteiger partial charge in [0.25, 0.3) is 0 Å². The first-order chi connectivity index (χ1) is 10.4. The van der Waals surface area contributed by atoms with Crippen LogP contribution in [-0.4, -0.2) is 48.1 Å². The number of carbonyl (C=O) groups is 3. The molecule has 128 valence electrons. The lowest BCUT2D eigenvalue weighted by molar-refractivity contribution is -0.130. The van der Waals surface area contributed by atoms with Crippen molar-refractivity contribution in [2.24, 2.45) is 11.5 Å². The third-order valence-electron chi connectivity index (χ3n) is 3.11. The van der Waals surface area contributed by atoms with Gasteiger partial charge in [0.2, 0.25) is 17.7 Å². The zero-order valence-corrected chi connectivity index (χ0v) is 13.1. The normalized spacial score (nSPS) is 13.2. The predicted molar refractivity (Wildman–Crippen MR) is 82.6 cm³/mol. The molecule has 0 heterocycles. The molecule has 0 aromatic heterocycles. The van der Waals surface area contributed by atoms with Crippen LogP contribution in [0.2, 0.25) is 0 Å². The number of amides is 3. The smallest absolute Gasteiger partial charge is 0.242 e. The largest absolute Gasteiger partial charge is 0.396 e. The number of primary amides is 1. The summed E-state index contributed by atoms with van der Waals surface area (Å²) in [5.74, 6) is -1.33. The molecule has 0 saturated heterocycles. The molecule has 0 rings (SSSR count). The summed E-state index contributed by atoms with van der Waals surface area (Å²) in [5, 5.41) is 13.9. The van der Waals surface area contributed by atoms with Gasteiger partial charge in [0.15, 0.2) is 0 Å². The van der Waals surface area contributed by atoms with Crippen LogP contribution in [0.1, 0.15) is 45.4 Å². The maximum absolute atomic E-state index is 12.0. The highest BCUT2D eigenvalue weighted by Gasteiger charge is 2.22. The first-order valence-electron chi connectivity index (χ1n) is 7.61. The Labute approximate surface area is 131 Å². The fraction of sp³-hybridized carbons (Fsp3) is 0.786. The van der Waals surface area contributed by atoms with Crippen molar-refractivity contribution in [3.63, 3.8) is 0 Å². The van der Waals surface area contributed by atoms with Crippen LogP contribution in [0.4, 0.5) is 0 Å². The van der Waals surface area contributed by atoms with Gasteiger partial charge in [-0.1, -0.05) is 12.8 Å². The van der Waals surface area contributed by atoms with Gasteiger partial charge in [0.05, 0.1) is 6.04 Å². The molecule has 2 atom stereocenters. The summed E-state index contributed by atoms with van der Waals surface area (Å²) >= 11 is 0. The van der Waals surface area contributed by atoms with Crippen LogP contribution in [0.15, 0.2) is 0 Å². The fourth-order valence-electron chi connectivity index (χ4n) is 1.78. The summed E-state index contributed by atoms with van der Waals surface area (Å²) in [5.41, 5.74) is 10.5. The van der Waals surface area contributed by atoms with E-state index in [4.69, 9.17) is 16.6 Å². The topological polar surface area (TPSA) is 148 Å². The highest BCUT2D eigenvalue weighted by atomic mass is 16.3. The third kappa shape index (κ3) is 10.1. The standard InChI is InChI=1S/C14H28N4O4/c1-10(15)13(21)18-11(6-7-12(16)20)14(22)17-8-4-2-3-5-9-19/h10-11,19H,2-9,15H2,1H3,(H2,16,20)(H,17,22)(H,18,21)/t10-,11+/m1/s1. The summed E-state index contributed by atoms with van der Waals surface area (Å²) in [6.45, 7) is 2.16. The van der Waals surface area contributed by atoms with E-state index >= 15 is 0 Å². The van der Waals surface area contributed by atoms with Crippen LogP contribution in [0.3, 0.4) is 0 Å². The Bertz CT molecular complexity index is 361. The number of hydrogen-bond acceptors (Lipinski definition) is 5. The van der Waals surface area contributed by atoms with Gasteiger partial charge in [-0.25, -0.2) is 0 Å². The van der Waals surface area contributed by atoms with Crippen molar-refractivity contribution in [1.82, 2.24) is 10.6 Å². The van der Waals surface area contributed by atoms with Gasteiger partial charge in [0, 0.05) is 19.6 Å². The van der Waals surface area contributed by atoms with Gasteiger partial charge < -0.3 is 27.2 Å². The molecule has 0 aliphatic heterocycles. The van der Waals surface area contributed by atoms with Gasteiger partial charge in [-0.2, -0.15) is 0 Å². The Kier molecular flexibility index (Phi) is 11.0. The third-order valence-corrected chi connectivity index (χ3v) is 3.11. The molecular formula is C14H28N4O4. The number of aliphatic hydroxyl groups is 1. The molecule has 0 aliphatic rings. The summed E-state index contributed by atoms with van der Waals surface area (Å²) in [6, 6.07) is -1.55. The van der Waals surface area contributed by atoms with Crippen LogP contribution >= 0.6 is 0 Å². The van der Waals surface area contributed by atoms with E-state index in [-0.39, 0.29) is 25.4 Å².